The van der Waals surface area contributed by atoms with Crippen LogP contribution in [-0.2, 0) is 0 Å². The van der Waals surface area contributed by atoms with Gasteiger partial charge in [-0.15, -0.1) is 11.6 Å². The average Bonchev–Trinajstić information content (AvgIpc) is 2.47. The van der Waals surface area contributed by atoms with Crippen LogP contribution in [0.1, 0.15) is 10.4 Å². The van der Waals surface area contributed by atoms with E-state index in [0.717, 1.165) is 12.2 Å². The highest BCUT2D eigenvalue weighted by atomic mass is 35.5. The summed E-state index contributed by atoms with van der Waals surface area (Å²) >= 11 is 5.92. The van der Waals surface area contributed by atoms with Crippen LogP contribution < -0.4 is 0 Å². The Bertz CT molecular complexity index is 654. The molecule has 0 heterocycles. The summed E-state index contributed by atoms with van der Waals surface area (Å²) in [5, 5.41) is 20.6. The third-order valence-corrected chi connectivity index (χ3v) is 3.70. The number of hydrogen-bond acceptors (Lipinski definition) is 5. The number of rotatable bonds is 4. The van der Waals surface area contributed by atoms with Gasteiger partial charge in [0, 0.05) is 11.1 Å². The number of nitro groups is 2. The van der Waals surface area contributed by atoms with Gasteiger partial charge in [-0.3, -0.25) is 25.0 Å². The lowest BCUT2D eigenvalue weighted by molar-refractivity contribution is -0.779. The van der Waals surface area contributed by atoms with Crippen LogP contribution in [0, 0.1) is 20.2 Å². The summed E-state index contributed by atoms with van der Waals surface area (Å²) in [7, 11) is 0. The molecule has 0 saturated carbocycles. The highest BCUT2D eigenvalue weighted by Gasteiger charge is 2.63. The maximum Gasteiger partial charge on any atom is 0.497 e. The minimum atomic E-state index is -2.74. The van der Waals surface area contributed by atoms with Crippen LogP contribution in [-0.4, -0.2) is 26.7 Å². The van der Waals surface area contributed by atoms with Gasteiger partial charge in [-0.25, -0.2) is 0 Å². The summed E-state index contributed by atoms with van der Waals surface area (Å²) in [6, 6.07) is 7.94. The van der Waals surface area contributed by atoms with Crippen molar-refractivity contribution in [1.82, 2.24) is 0 Å². The van der Waals surface area contributed by atoms with E-state index < -0.39 is 26.7 Å². The van der Waals surface area contributed by atoms with E-state index in [9.17, 15) is 25.0 Å². The van der Waals surface area contributed by atoms with E-state index in [1.807, 2.05) is 0 Å². The van der Waals surface area contributed by atoms with Crippen molar-refractivity contribution in [3.63, 3.8) is 0 Å². The molecule has 0 radical (unpaired) electrons. The predicted octanol–water partition coefficient (Wildman–Crippen LogP) is 2.22. The lowest BCUT2D eigenvalue weighted by Gasteiger charge is -2.22. The van der Waals surface area contributed by atoms with Crippen LogP contribution >= 0.6 is 11.6 Å². The van der Waals surface area contributed by atoms with Crippen molar-refractivity contribution < 1.29 is 14.6 Å². The monoisotopic (exact) mass is 308 g/mol. The molecule has 0 aliphatic heterocycles. The number of carbonyl (C=O) groups excluding carboxylic acids is 1. The molecule has 1 aromatic rings. The van der Waals surface area contributed by atoms with Crippen molar-refractivity contribution >= 4 is 17.4 Å². The Labute approximate surface area is 123 Å². The molecule has 0 saturated heterocycles. The van der Waals surface area contributed by atoms with E-state index in [4.69, 9.17) is 11.6 Å². The molecule has 108 valence electrons. The number of Topliss-reactive ketones (excluding diaryl/α,β-unsaturated/α-hetero) is 1. The molecule has 0 spiro atoms. The Hall–Kier alpha value is -2.54. The highest BCUT2D eigenvalue weighted by Crippen LogP contribution is 2.33. The second kappa shape index (κ2) is 5.45. The SMILES string of the molecule is O=C(C1=CC=CC([N+](=O)[O-])([N+](=O)[O-])C1Cl)c1ccccc1. The Morgan fingerprint density at radius 1 is 1.14 bits per heavy atom. The van der Waals surface area contributed by atoms with Gasteiger partial charge in [-0.2, -0.15) is 0 Å². The summed E-state index contributed by atoms with van der Waals surface area (Å²) < 4.78 is 0. The Morgan fingerprint density at radius 3 is 2.24 bits per heavy atom. The van der Waals surface area contributed by atoms with Crippen molar-refractivity contribution in [3.05, 3.63) is 79.9 Å². The van der Waals surface area contributed by atoms with E-state index in [0.29, 0.717) is 0 Å². The van der Waals surface area contributed by atoms with Gasteiger partial charge in [0.1, 0.15) is 9.85 Å². The lowest BCUT2D eigenvalue weighted by Crippen LogP contribution is -2.54. The van der Waals surface area contributed by atoms with Crippen molar-refractivity contribution in [1.29, 1.82) is 0 Å². The van der Waals surface area contributed by atoms with Gasteiger partial charge in [-0.05, 0) is 0 Å². The van der Waals surface area contributed by atoms with E-state index >= 15 is 0 Å². The van der Waals surface area contributed by atoms with E-state index in [-0.39, 0.29) is 11.1 Å². The molecule has 21 heavy (non-hydrogen) atoms. The Kier molecular flexibility index (Phi) is 3.86. The number of nitrogens with zero attached hydrogens (tertiary/aromatic N) is 2. The van der Waals surface area contributed by atoms with Crippen LogP contribution in [0.3, 0.4) is 0 Å². The minimum Gasteiger partial charge on any atom is -0.289 e. The first-order valence-corrected chi connectivity index (χ1v) is 6.27. The molecule has 2 rings (SSSR count). The van der Waals surface area contributed by atoms with Gasteiger partial charge in [0.2, 0.25) is 5.38 Å². The van der Waals surface area contributed by atoms with Crippen molar-refractivity contribution in [3.8, 4) is 0 Å². The number of carbonyl (C=O) groups is 1. The Balaban J connectivity index is 2.46. The molecule has 1 aromatic carbocycles. The summed E-state index contributed by atoms with van der Waals surface area (Å²) in [6.07, 6.45) is 3.16. The standard InChI is InChI=1S/C13H9ClN2O5/c14-12-10(11(17)9-5-2-1-3-6-9)7-4-8-13(12,15(18)19)16(20)21/h1-8,12H. The van der Waals surface area contributed by atoms with Gasteiger partial charge in [0.05, 0.1) is 6.08 Å². The maximum absolute atomic E-state index is 12.3. The van der Waals surface area contributed by atoms with Crippen LogP contribution in [0.5, 0.6) is 0 Å². The molecule has 1 unspecified atom stereocenters. The number of alkyl halides is 1. The number of halogens is 1. The number of allylic oxidation sites excluding steroid dienone is 2. The van der Waals surface area contributed by atoms with Crippen molar-refractivity contribution in [2.45, 2.75) is 11.0 Å². The van der Waals surface area contributed by atoms with Crippen LogP contribution in [0.2, 0.25) is 0 Å². The number of ketones is 1. The molecule has 1 aliphatic rings. The highest BCUT2D eigenvalue weighted by molar-refractivity contribution is 6.28. The average molecular weight is 309 g/mol. The normalized spacial score (nSPS) is 19.7. The summed E-state index contributed by atoms with van der Waals surface area (Å²) in [6.45, 7) is 0. The molecule has 0 aromatic heterocycles. The topological polar surface area (TPSA) is 103 Å². The van der Waals surface area contributed by atoms with E-state index in [1.165, 1.54) is 18.2 Å². The first kappa shape index (κ1) is 14.9. The fourth-order valence-electron chi connectivity index (χ4n) is 2.01. The molecule has 7 nitrogen and oxygen atoms in total. The molecule has 0 fully saturated rings. The second-order valence-corrected chi connectivity index (χ2v) is 4.77. The van der Waals surface area contributed by atoms with Gasteiger partial charge in [-0.1, -0.05) is 42.5 Å². The molecule has 1 atom stereocenters. The number of benzene rings is 1. The largest absolute Gasteiger partial charge is 0.497 e. The van der Waals surface area contributed by atoms with Gasteiger partial charge >= 0.3 is 5.66 Å². The molecular formula is C13H9ClN2O5. The molecule has 0 N–H and O–H groups in total. The third-order valence-electron chi connectivity index (χ3n) is 3.15. The molecule has 1 aliphatic carbocycles. The fourth-order valence-corrected chi connectivity index (χ4v) is 2.42. The van der Waals surface area contributed by atoms with Gasteiger partial charge in [0.25, 0.3) is 0 Å². The van der Waals surface area contributed by atoms with Crippen LogP contribution in [0.25, 0.3) is 0 Å². The smallest absolute Gasteiger partial charge is 0.289 e. The maximum atomic E-state index is 12.3. The van der Waals surface area contributed by atoms with Crippen LogP contribution in [0.15, 0.2) is 54.1 Å². The quantitative estimate of drug-likeness (QED) is 0.279. The van der Waals surface area contributed by atoms with Gasteiger partial charge in [0.15, 0.2) is 5.78 Å². The van der Waals surface area contributed by atoms with Gasteiger partial charge < -0.3 is 0 Å². The summed E-state index contributed by atoms with van der Waals surface area (Å²) in [5.74, 6) is -0.576. The molecular weight excluding hydrogens is 300 g/mol. The first-order valence-electron chi connectivity index (χ1n) is 5.83. The van der Waals surface area contributed by atoms with E-state index in [1.54, 1.807) is 18.2 Å². The molecule has 0 amide bonds. The number of hydrogen-bond donors (Lipinski definition) is 0. The van der Waals surface area contributed by atoms with E-state index in [2.05, 4.69) is 0 Å². The fraction of sp³-hybridized carbons (Fsp3) is 0.154. The zero-order chi connectivity index (χ0) is 15.6. The summed E-state index contributed by atoms with van der Waals surface area (Å²) in [4.78, 5) is 32.4. The zero-order valence-corrected chi connectivity index (χ0v) is 11.3. The molecule has 0 bridgehead atoms. The summed E-state index contributed by atoms with van der Waals surface area (Å²) in [5.41, 5.74) is -2.67. The Morgan fingerprint density at radius 2 is 1.71 bits per heavy atom. The third kappa shape index (κ3) is 2.31. The zero-order valence-electron chi connectivity index (χ0n) is 10.5. The molecule has 8 heteroatoms. The van der Waals surface area contributed by atoms with Crippen molar-refractivity contribution in [2.75, 3.05) is 0 Å². The predicted molar refractivity (Wildman–Crippen MR) is 74.4 cm³/mol. The second-order valence-electron chi connectivity index (χ2n) is 4.34. The first-order chi connectivity index (χ1) is 9.91. The van der Waals surface area contributed by atoms with Crippen molar-refractivity contribution in [2.24, 2.45) is 0 Å². The van der Waals surface area contributed by atoms with Crippen LogP contribution in [0.4, 0.5) is 0 Å². The minimum absolute atomic E-state index is 0.182. The lowest BCUT2D eigenvalue weighted by atomic mass is 9.89.